The third kappa shape index (κ3) is 3.14. The molecule has 0 fully saturated rings. The molecular weight excluding hydrogens is 298 g/mol. The largest absolute Gasteiger partial charge is 0.573 e. The number of alkyl halides is 3. The maximum Gasteiger partial charge on any atom is 0.573 e. The number of hydrogen-bond donors (Lipinski definition) is 1. The molecule has 0 aliphatic rings. The van der Waals surface area contributed by atoms with Gasteiger partial charge < -0.3 is 10.5 Å². The van der Waals surface area contributed by atoms with Gasteiger partial charge in [0.05, 0.1) is 10.7 Å². The lowest BCUT2D eigenvalue weighted by atomic mass is 10.0. The van der Waals surface area contributed by atoms with Crippen molar-refractivity contribution in [1.82, 2.24) is 0 Å². The minimum Gasteiger partial charge on any atom is -0.405 e. The highest BCUT2D eigenvalue weighted by atomic mass is 35.5. The molecule has 0 aromatic heterocycles. The van der Waals surface area contributed by atoms with Gasteiger partial charge in [0.25, 0.3) is 0 Å². The molecule has 0 bridgehead atoms. The molecule has 0 saturated heterocycles. The zero-order chi connectivity index (χ0) is 14.9. The van der Waals surface area contributed by atoms with Gasteiger partial charge in [0.2, 0.25) is 0 Å². The SMILES string of the molecule is Nc1c(Cl)cc(F)cc1-c1ccccc1OC(F)(F)F. The minimum absolute atomic E-state index is 0.00345. The van der Waals surface area contributed by atoms with Crippen molar-refractivity contribution in [2.45, 2.75) is 6.36 Å². The molecule has 0 heterocycles. The van der Waals surface area contributed by atoms with Crippen LogP contribution in [0.25, 0.3) is 11.1 Å². The number of para-hydroxylation sites is 1. The number of nitrogen functional groups attached to an aromatic ring is 1. The summed E-state index contributed by atoms with van der Waals surface area (Å²) in [5.74, 6) is -1.19. The Hall–Kier alpha value is -1.95. The van der Waals surface area contributed by atoms with Gasteiger partial charge in [0.1, 0.15) is 11.6 Å². The second kappa shape index (κ2) is 5.20. The molecule has 0 unspecified atom stereocenters. The summed E-state index contributed by atoms with van der Waals surface area (Å²) >= 11 is 5.73. The average Bonchev–Trinajstić information content (AvgIpc) is 2.33. The van der Waals surface area contributed by atoms with Crippen LogP contribution >= 0.6 is 11.6 Å². The molecule has 0 aliphatic carbocycles. The van der Waals surface area contributed by atoms with Crippen LogP contribution in [0.4, 0.5) is 23.2 Å². The van der Waals surface area contributed by atoms with Crippen molar-refractivity contribution < 1.29 is 22.3 Å². The molecule has 0 amide bonds. The van der Waals surface area contributed by atoms with Crippen LogP contribution in [0.15, 0.2) is 36.4 Å². The third-order valence-electron chi connectivity index (χ3n) is 2.50. The predicted octanol–water partition coefficient (Wildman–Crippen LogP) is 4.63. The monoisotopic (exact) mass is 305 g/mol. The predicted molar refractivity (Wildman–Crippen MR) is 67.9 cm³/mol. The second-order valence-corrected chi connectivity index (χ2v) is 4.30. The fourth-order valence-corrected chi connectivity index (χ4v) is 1.92. The van der Waals surface area contributed by atoms with Crippen molar-refractivity contribution in [1.29, 1.82) is 0 Å². The topological polar surface area (TPSA) is 35.2 Å². The Labute approximate surface area is 116 Å². The zero-order valence-electron chi connectivity index (χ0n) is 9.84. The Morgan fingerprint density at radius 2 is 1.70 bits per heavy atom. The Balaban J connectivity index is 2.59. The Bertz CT molecular complexity index is 643. The van der Waals surface area contributed by atoms with Crippen molar-refractivity contribution in [3.8, 4) is 16.9 Å². The number of nitrogens with two attached hydrogens (primary N) is 1. The molecule has 0 atom stereocenters. The Morgan fingerprint density at radius 1 is 1.05 bits per heavy atom. The van der Waals surface area contributed by atoms with E-state index < -0.39 is 17.9 Å². The molecule has 2 rings (SSSR count). The van der Waals surface area contributed by atoms with E-state index in [1.54, 1.807) is 0 Å². The average molecular weight is 306 g/mol. The first-order chi connectivity index (χ1) is 9.28. The summed E-state index contributed by atoms with van der Waals surface area (Å²) in [4.78, 5) is 0. The summed E-state index contributed by atoms with van der Waals surface area (Å²) in [6.07, 6.45) is -4.86. The molecule has 7 heteroatoms. The van der Waals surface area contributed by atoms with Crippen LogP contribution in [-0.4, -0.2) is 6.36 Å². The van der Waals surface area contributed by atoms with E-state index in [9.17, 15) is 17.6 Å². The zero-order valence-corrected chi connectivity index (χ0v) is 10.6. The minimum atomic E-state index is -4.86. The summed E-state index contributed by atoms with van der Waals surface area (Å²) in [5, 5.41) is -0.0817. The van der Waals surface area contributed by atoms with Crippen molar-refractivity contribution >= 4 is 17.3 Å². The van der Waals surface area contributed by atoms with Crippen molar-refractivity contribution in [3.05, 3.63) is 47.2 Å². The van der Waals surface area contributed by atoms with Crippen molar-refractivity contribution in [2.75, 3.05) is 5.73 Å². The first kappa shape index (κ1) is 14.5. The lowest BCUT2D eigenvalue weighted by Crippen LogP contribution is -2.17. The van der Waals surface area contributed by atoms with Crippen LogP contribution < -0.4 is 10.5 Å². The number of halogens is 5. The fraction of sp³-hybridized carbons (Fsp3) is 0.0769. The van der Waals surface area contributed by atoms with Gasteiger partial charge in [0, 0.05) is 11.1 Å². The van der Waals surface area contributed by atoms with Crippen molar-refractivity contribution in [3.63, 3.8) is 0 Å². The molecule has 2 aromatic carbocycles. The van der Waals surface area contributed by atoms with Gasteiger partial charge in [-0.1, -0.05) is 29.8 Å². The Kier molecular flexibility index (Phi) is 3.76. The highest BCUT2D eigenvalue weighted by molar-refractivity contribution is 6.33. The van der Waals surface area contributed by atoms with Gasteiger partial charge in [-0.15, -0.1) is 13.2 Å². The van der Waals surface area contributed by atoms with Crippen LogP contribution in [-0.2, 0) is 0 Å². The normalized spacial score (nSPS) is 11.4. The van der Waals surface area contributed by atoms with E-state index in [2.05, 4.69) is 4.74 Å². The molecule has 0 aliphatic heterocycles. The number of anilines is 1. The third-order valence-corrected chi connectivity index (χ3v) is 2.81. The smallest absolute Gasteiger partial charge is 0.405 e. The molecule has 0 radical (unpaired) electrons. The van der Waals surface area contributed by atoms with Gasteiger partial charge in [-0.3, -0.25) is 0 Å². The molecule has 0 spiro atoms. The van der Waals surface area contributed by atoms with Gasteiger partial charge in [-0.05, 0) is 18.2 Å². The van der Waals surface area contributed by atoms with E-state index in [0.717, 1.165) is 18.2 Å². The second-order valence-electron chi connectivity index (χ2n) is 3.89. The standard InChI is InChI=1S/C13H8ClF4NO/c14-10-6-7(15)5-9(12(10)19)8-3-1-2-4-11(8)20-13(16,17)18/h1-6H,19H2. The highest BCUT2D eigenvalue weighted by Crippen LogP contribution is 2.39. The summed E-state index contributed by atoms with van der Waals surface area (Å²) in [5.41, 5.74) is 5.70. The van der Waals surface area contributed by atoms with Crippen LogP contribution in [0.3, 0.4) is 0 Å². The summed E-state index contributed by atoms with van der Waals surface area (Å²) in [6.45, 7) is 0. The number of ether oxygens (including phenoxy) is 1. The molecule has 20 heavy (non-hydrogen) atoms. The molecule has 2 aromatic rings. The highest BCUT2D eigenvalue weighted by Gasteiger charge is 2.32. The number of benzene rings is 2. The molecule has 2 nitrogen and oxygen atoms in total. The first-order valence-electron chi connectivity index (χ1n) is 5.37. The van der Waals surface area contributed by atoms with E-state index in [4.69, 9.17) is 17.3 Å². The van der Waals surface area contributed by atoms with E-state index in [1.807, 2.05) is 0 Å². The van der Waals surface area contributed by atoms with E-state index in [0.29, 0.717) is 0 Å². The lowest BCUT2D eigenvalue weighted by Gasteiger charge is -2.15. The molecule has 0 saturated carbocycles. The maximum absolute atomic E-state index is 13.4. The van der Waals surface area contributed by atoms with Gasteiger partial charge in [0.15, 0.2) is 0 Å². The first-order valence-corrected chi connectivity index (χ1v) is 5.75. The van der Waals surface area contributed by atoms with Crippen LogP contribution in [0.1, 0.15) is 0 Å². The lowest BCUT2D eigenvalue weighted by molar-refractivity contribution is -0.274. The quantitative estimate of drug-likeness (QED) is 0.648. The van der Waals surface area contributed by atoms with E-state index in [1.165, 1.54) is 18.2 Å². The fourth-order valence-electron chi connectivity index (χ4n) is 1.71. The summed E-state index contributed by atoms with van der Waals surface area (Å²) < 4.78 is 54.3. The van der Waals surface area contributed by atoms with E-state index >= 15 is 0 Å². The summed E-state index contributed by atoms with van der Waals surface area (Å²) in [7, 11) is 0. The molecule has 2 N–H and O–H groups in total. The maximum atomic E-state index is 13.4. The number of hydrogen-bond acceptors (Lipinski definition) is 2. The van der Waals surface area contributed by atoms with Crippen LogP contribution in [0.5, 0.6) is 5.75 Å². The van der Waals surface area contributed by atoms with Gasteiger partial charge in [-0.25, -0.2) is 4.39 Å². The number of rotatable bonds is 2. The van der Waals surface area contributed by atoms with Crippen LogP contribution in [0, 0.1) is 5.82 Å². The van der Waals surface area contributed by atoms with Crippen LogP contribution in [0.2, 0.25) is 5.02 Å². The molecule has 106 valence electrons. The summed E-state index contributed by atoms with van der Waals surface area (Å²) in [6, 6.07) is 7.27. The molecular formula is C13H8ClF4NO. The van der Waals surface area contributed by atoms with Gasteiger partial charge in [-0.2, -0.15) is 0 Å². The Morgan fingerprint density at radius 3 is 2.35 bits per heavy atom. The van der Waals surface area contributed by atoms with Crippen molar-refractivity contribution in [2.24, 2.45) is 0 Å². The van der Waals surface area contributed by atoms with Gasteiger partial charge >= 0.3 is 6.36 Å². The van der Waals surface area contributed by atoms with E-state index in [-0.39, 0.29) is 21.8 Å².